The quantitative estimate of drug-likeness (QED) is 0.855. The molecular weight excluding hydrogens is 338 g/mol. The molecule has 0 spiro atoms. The van der Waals surface area contributed by atoms with E-state index in [1.54, 1.807) is 12.4 Å². The summed E-state index contributed by atoms with van der Waals surface area (Å²) in [5.74, 6) is 0.0796. The van der Waals surface area contributed by atoms with Crippen LogP contribution in [0.1, 0.15) is 35.6 Å². The van der Waals surface area contributed by atoms with Gasteiger partial charge in [-0.1, -0.05) is 30.3 Å². The van der Waals surface area contributed by atoms with Gasteiger partial charge in [-0.25, -0.2) is 0 Å². The van der Waals surface area contributed by atoms with Gasteiger partial charge in [0, 0.05) is 31.0 Å². The van der Waals surface area contributed by atoms with Gasteiger partial charge >= 0.3 is 0 Å². The van der Waals surface area contributed by atoms with E-state index in [0.717, 1.165) is 37.9 Å². The van der Waals surface area contributed by atoms with Gasteiger partial charge in [-0.15, -0.1) is 0 Å². The normalized spacial score (nSPS) is 20.0. The lowest BCUT2D eigenvalue weighted by molar-refractivity contribution is -0.129. The van der Waals surface area contributed by atoms with Crippen LogP contribution in [0.15, 0.2) is 48.8 Å². The highest BCUT2D eigenvalue weighted by atomic mass is 16.5. The first-order valence-electron chi connectivity index (χ1n) is 9.75. The van der Waals surface area contributed by atoms with Crippen LogP contribution in [-0.4, -0.2) is 47.6 Å². The van der Waals surface area contributed by atoms with Gasteiger partial charge in [-0.3, -0.25) is 14.7 Å². The predicted octanol–water partition coefficient (Wildman–Crippen LogP) is 2.65. The number of pyridine rings is 1. The zero-order valence-electron chi connectivity index (χ0n) is 15.9. The molecule has 0 radical (unpaired) electrons. The molecule has 2 aliphatic rings. The smallest absolute Gasteiger partial charge is 0.242 e. The molecule has 1 amide bonds. The third kappa shape index (κ3) is 4.20. The van der Waals surface area contributed by atoms with Gasteiger partial charge in [-0.2, -0.15) is 0 Å². The van der Waals surface area contributed by atoms with Crippen molar-refractivity contribution in [3.8, 4) is 0 Å². The fourth-order valence-electron chi connectivity index (χ4n) is 3.90. The minimum atomic E-state index is -0.308. The number of morpholine rings is 1. The van der Waals surface area contributed by atoms with Crippen LogP contribution in [0.4, 0.5) is 0 Å². The Balaban J connectivity index is 1.52. The zero-order chi connectivity index (χ0) is 18.7. The molecule has 5 nitrogen and oxygen atoms in total. The summed E-state index contributed by atoms with van der Waals surface area (Å²) in [6.45, 7) is 4.99. The topological polar surface area (TPSA) is 54.5 Å². The highest BCUT2D eigenvalue weighted by Gasteiger charge is 2.46. The largest absolute Gasteiger partial charge is 0.379 e. The van der Waals surface area contributed by atoms with Gasteiger partial charge in [0.2, 0.25) is 5.91 Å². The molecule has 2 heterocycles. The number of amides is 1. The van der Waals surface area contributed by atoms with Crippen molar-refractivity contribution in [2.24, 2.45) is 0 Å². The van der Waals surface area contributed by atoms with Crippen LogP contribution in [0.5, 0.6) is 0 Å². The molecule has 4 rings (SSSR count). The maximum absolute atomic E-state index is 13.4. The fourth-order valence-corrected chi connectivity index (χ4v) is 3.90. The Morgan fingerprint density at radius 1 is 1.22 bits per heavy atom. The Bertz CT molecular complexity index is 783. The number of rotatable bonds is 6. The molecule has 0 bridgehead atoms. The van der Waals surface area contributed by atoms with Crippen molar-refractivity contribution >= 4 is 5.91 Å². The Hall–Kier alpha value is -2.24. The van der Waals surface area contributed by atoms with E-state index in [0.29, 0.717) is 13.2 Å². The molecule has 1 aliphatic carbocycles. The van der Waals surface area contributed by atoms with Crippen molar-refractivity contribution in [3.63, 3.8) is 0 Å². The molecule has 1 aromatic carbocycles. The van der Waals surface area contributed by atoms with E-state index in [1.807, 2.05) is 12.1 Å². The van der Waals surface area contributed by atoms with Crippen LogP contribution in [0.2, 0.25) is 0 Å². The number of ether oxygens (including phenoxy) is 1. The second kappa shape index (κ2) is 7.79. The van der Waals surface area contributed by atoms with Gasteiger partial charge in [0.15, 0.2) is 0 Å². The predicted molar refractivity (Wildman–Crippen MR) is 104 cm³/mol. The molecule has 1 saturated heterocycles. The molecular formula is C22H27N3O2. The highest BCUT2D eigenvalue weighted by Crippen LogP contribution is 2.40. The summed E-state index contributed by atoms with van der Waals surface area (Å²) in [6, 6.07) is 12.0. The van der Waals surface area contributed by atoms with E-state index in [2.05, 4.69) is 46.4 Å². The van der Waals surface area contributed by atoms with Crippen LogP contribution in [-0.2, 0) is 16.0 Å². The number of hydrogen-bond acceptors (Lipinski definition) is 4. The fraction of sp³-hybridized carbons (Fsp3) is 0.455. The van der Waals surface area contributed by atoms with Crippen LogP contribution in [0, 0.1) is 6.92 Å². The molecule has 1 aromatic heterocycles. The van der Waals surface area contributed by atoms with E-state index in [4.69, 9.17) is 4.74 Å². The van der Waals surface area contributed by atoms with E-state index < -0.39 is 0 Å². The molecule has 1 saturated carbocycles. The van der Waals surface area contributed by atoms with E-state index >= 15 is 0 Å². The molecule has 5 heteroatoms. The highest BCUT2D eigenvalue weighted by molar-refractivity contribution is 5.84. The van der Waals surface area contributed by atoms with Gasteiger partial charge in [0.25, 0.3) is 0 Å². The second-order valence-corrected chi connectivity index (χ2v) is 7.71. The van der Waals surface area contributed by atoms with Crippen LogP contribution >= 0.6 is 0 Å². The number of carbonyl (C=O) groups is 1. The summed E-state index contributed by atoms with van der Waals surface area (Å²) >= 11 is 0. The number of benzene rings is 1. The van der Waals surface area contributed by atoms with E-state index in [1.165, 1.54) is 11.1 Å². The number of carbonyl (C=O) groups excluding carboxylic acids is 1. The lowest BCUT2D eigenvalue weighted by atomic mass is 9.98. The molecule has 2 fully saturated rings. The number of aromatic nitrogens is 1. The monoisotopic (exact) mass is 365 g/mol. The molecule has 27 heavy (non-hydrogen) atoms. The number of aryl methyl sites for hydroxylation is 1. The van der Waals surface area contributed by atoms with Crippen molar-refractivity contribution in [2.45, 2.75) is 37.8 Å². The van der Waals surface area contributed by atoms with E-state index in [-0.39, 0.29) is 17.5 Å². The maximum atomic E-state index is 13.4. The number of hydrogen-bond donors (Lipinski definition) is 1. The summed E-state index contributed by atoms with van der Waals surface area (Å²) in [5.41, 5.74) is 3.45. The van der Waals surface area contributed by atoms with Crippen molar-refractivity contribution in [1.29, 1.82) is 0 Å². The lowest BCUT2D eigenvalue weighted by Crippen LogP contribution is -2.49. The average Bonchev–Trinajstić information content (AvgIpc) is 3.44. The summed E-state index contributed by atoms with van der Waals surface area (Å²) in [6.07, 6.45) is 6.53. The Morgan fingerprint density at radius 2 is 2.00 bits per heavy atom. The minimum Gasteiger partial charge on any atom is -0.379 e. The zero-order valence-corrected chi connectivity index (χ0v) is 15.9. The Kier molecular flexibility index (Phi) is 5.23. The lowest BCUT2D eigenvalue weighted by Gasteiger charge is -2.34. The van der Waals surface area contributed by atoms with Crippen LogP contribution < -0.4 is 5.32 Å². The number of nitrogens with zero attached hydrogens (tertiary/aromatic N) is 2. The third-order valence-corrected chi connectivity index (χ3v) is 5.69. The van der Waals surface area contributed by atoms with Crippen LogP contribution in [0.25, 0.3) is 0 Å². The van der Waals surface area contributed by atoms with Crippen molar-refractivity contribution in [1.82, 2.24) is 15.2 Å². The molecule has 1 atom stereocenters. The summed E-state index contributed by atoms with van der Waals surface area (Å²) in [4.78, 5) is 19.8. The summed E-state index contributed by atoms with van der Waals surface area (Å²) < 4.78 is 5.48. The SMILES string of the molecule is Cc1ccccc1CC1(NC(=O)C(c2cccnc2)N2CCOCC2)CC1. The van der Waals surface area contributed by atoms with E-state index in [9.17, 15) is 4.79 Å². The van der Waals surface area contributed by atoms with Crippen molar-refractivity contribution < 1.29 is 9.53 Å². The van der Waals surface area contributed by atoms with Gasteiger partial charge in [0.1, 0.15) is 6.04 Å². The van der Waals surface area contributed by atoms with Crippen LogP contribution in [0.3, 0.4) is 0 Å². The van der Waals surface area contributed by atoms with Gasteiger partial charge < -0.3 is 10.1 Å². The molecule has 2 aromatic rings. The first-order valence-corrected chi connectivity index (χ1v) is 9.75. The Morgan fingerprint density at radius 3 is 2.67 bits per heavy atom. The third-order valence-electron chi connectivity index (χ3n) is 5.69. The second-order valence-electron chi connectivity index (χ2n) is 7.71. The van der Waals surface area contributed by atoms with Gasteiger partial charge in [-0.05, 0) is 48.9 Å². The molecule has 1 unspecified atom stereocenters. The summed E-state index contributed by atoms with van der Waals surface area (Å²) in [5, 5.41) is 3.39. The maximum Gasteiger partial charge on any atom is 0.242 e. The first-order chi connectivity index (χ1) is 13.2. The van der Waals surface area contributed by atoms with Crippen molar-refractivity contribution in [2.75, 3.05) is 26.3 Å². The first kappa shape index (κ1) is 18.1. The minimum absolute atomic E-state index is 0.0796. The standard InChI is InChI=1S/C22H27N3O2/c1-17-5-2-3-6-18(17)15-22(8-9-22)24-21(26)20(19-7-4-10-23-16-19)25-11-13-27-14-12-25/h2-7,10,16,20H,8-9,11-15H2,1H3,(H,24,26). The van der Waals surface area contributed by atoms with Gasteiger partial charge in [0.05, 0.1) is 13.2 Å². The Labute approximate surface area is 160 Å². The number of nitrogens with one attached hydrogen (secondary N) is 1. The molecule has 142 valence electrons. The molecule has 1 aliphatic heterocycles. The molecule has 1 N–H and O–H groups in total. The summed E-state index contributed by atoms with van der Waals surface area (Å²) in [7, 11) is 0. The van der Waals surface area contributed by atoms with Crippen molar-refractivity contribution in [3.05, 3.63) is 65.5 Å². The average molecular weight is 365 g/mol.